The Balaban J connectivity index is 1.36. The van der Waals surface area contributed by atoms with Crippen molar-refractivity contribution in [1.29, 1.82) is 0 Å². The van der Waals surface area contributed by atoms with Crippen molar-refractivity contribution < 1.29 is 28.5 Å². The molecule has 1 amide bonds. The Morgan fingerprint density at radius 3 is 2.52 bits per heavy atom. The highest BCUT2D eigenvalue weighted by Gasteiger charge is 2.36. The summed E-state index contributed by atoms with van der Waals surface area (Å²) in [4.78, 5) is 24.2. The van der Waals surface area contributed by atoms with Crippen molar-refractivity contribution in [2.45, 2.75) is 31.6 Å². The molecule has 2 aliphatic rings. The highest BCUT2D eigenvalue weighted by molar-refractivity contribution is 5.95. The highest BCUT2D eigenvalue weighted by atomic mass is 16.7. The molecule has 0 saturated carbocycles. The van der Waals surface area contributed by atoms with Gasteiger partial charge < -0.3 is 24.3 Å². The lowest BCUT2D eigenvalue weighted by atomic mass is 9.74. The van der Waals surface area contributed by atoms with Gasteiger partial charge in [-0.05, 0) is 54.8 Å². The second kappa shape index (κ2) is 9.39. The Hall–Kier alpha value is -3.06. The number of fused-ring (bicyclic) bond motifs is 1. The molecule has 2 heterocycles. The second-order valence-electron chi connectivity index (χ2n) is 7.83. The summed E-state index contributed by atoms with van der Waals surface area (Å²) in [6, 6.07) is 12.8. The maximum absolute atomic E-state index is 12.5. The first-order chi connectivity index (χ1) is 15.1. The minimum atomic E-state index is -0.225. The van der Waals surface area contributed by atoms with Crippen LogP contribution in [-0.2, 0) is 14.9 Å². The van der Waals surface area contributed by atoms with Crippen LogP contribution in [0.5, 0.6) is 17.2 Å². The molecule has 0 aliphatic carbocycles. The summed E-state index contributed by atoms with van der Waals surface area (Å²) < 4.78 is 22.1. The van der Waals surface area contributed by atoms with Crippen LogP contribution in [0.4, 0.5) is 0 Å². The molecule has 31 heavy (non-hydrogen) atoms. The number of ether oxygens (including phenoxy) is 4. The van der Waals surface area contributed by atoms with Crippen molar-refractivity contribution >= 4 is 11.7 Å². The average Bonchev–Trinajstić information content (AvgIpc) is 3.30. The molecule has 1 N–H and O–H groups in total. The van der Waals surface area contributed by atoms with E-state index in [0.29, 0.717) is 37.5 Å². The molecule has 7 heteroatoms. The lowest BCUT2D eigenvalue weighted by molar-refractivity contribution is -0.123. The average molecular weight is 425 g/mol. The summed E-state index contributed by atoms with van der Waals surface area (Å²) >= 11 is 0. The van der Waals surface area contributed by atoms with E-state index >= 15 is 0 Å². The molecule has 2 aromatic rings. The first kappa shape index (κ1) is 21.2. The fourth-order valence-corrected chi connectivity index (χ4v) is 3.96. The monoisotopic (exact) mass is 425 g/mol. The number of rotatable bonds is 8. The van der Waals surface area contributed by atoms with Gasteiger partial charge in [0.1, 0.15) is 5.75 Å². The van der Waals surface area contributed by atoms with Gasteiger partial charge in [-0.3, -0.25) is 9.59 Å². The summed E-state index contributed by atoms with van der Waals surface area (Å²) in [7, 11) is 0. The van der Waals surface area contributed by atoms with Crippen molar-refractivity contribution in [3.8, 4) is 17.2 Å². The van der Waals surface area contributed by atoms with Crippen LogP contribution >= 0.6 is 0 Å². The summed E-state index contributed by atoms with van der Waals surface area (Å²) in [6.45, 7) is 3.74. The van der Waals surface area contributed by atoms with Gasteiger partial charge >= 0.3 is 0 Å². The first-order valence-electron chi connectivity index (χ1n) is 10.6. The number of hydrogen-bond acceptors (Lipinski definition) is 6. The molecular weight excluding hydrogens is 398 g/mol. The minimum Gasteiger partial charge on any atom is -0.484 e. The SMILES string of the molecule is CCC(=O)c1ccc(OCC(=O)NCC2(c3ccc4c(c3)OCO4)CCOCC2)cc1. The summed E-state index contributed by atoms with van der Waals surface area (Å²) in [6.07, 6.45) is 2.07. The van der Waals surface area contributed by atoms with E-state index in [-0.39, 0.29) is 30.5 Å². The lowest BCUT2D eigenvalue weighted by Gasteiger charge is -2.38. The van der Waals surface area contributed by atoms with Crippen molar-refractivity contribution in [3.63, 3.8) is 0 Å². The topological polar surface area (TPSA) is 83.1 Å². The van der Waals surface area contributed by atoms with Gasteiger partial charge in [0.25, 0.3) is 5.91 Å². The molecule has 0 aromatic heterocycles. The maximum Gasteiger partial charge on any atom is 0.257 e. The number of carbonyl (C=O) groups excluding carboxylic acids is 2. The smallest absolute Gasteiger partial charge is 0.257 e. The van der Waals surface area contributed by atoms with Gasteiger partial charge in [-0.15, -0.1) is 0 Å². The molecule has 0 radical (unpaired) electrons. The molecular formula is C24H27NO6. The van der Waals surface area contributed by atoms with Crippen molar-refractivity contribution in [2.75, 3.05) is 33.2 Å². The molecule has 0 atom stereocenters. The largest absolute Gasteiger partial charge is 0.484 e. The second-order valence-corrected chi connectivity index (χ2v) is 7.83. The van der Waals surface area contributed by atoms with E-state index in [1.54, 1.807) is 24.3 Å². The molecule has 1 fully saturated rings. The van der Waals surface area contributed by atoms with Crippen molar-refractivity contribution in [3.05, 3.63) is 53.6 Å². The summed E-state index contributed by atoms with van der Waals surface area (Å²) in [5.74, 6) is 1.92. The van der Waals surface area contributed by atoms with Crippen LogP contribution < -0.4 is 19.5 Å². The van der Waals surface area contributed by atoms with Gasteiger partial charge in [-0.2, -0.15) is 0 Å². The van der Waals surface area contributed by atoms with E-state index in [2.05, 4.69) is 5.32 Å². The summed E-state index contributed by atoms with van der Waals surface area (Å²) in [5, 5.41) is 3.02. The molecule has 7 nitrogen and oxygen atoms in total. The van der Waals surface area contributed by atoms with Crippen LogP contribution in [0, 0.1) is 0 Å². The van der Waals surface area contributed by atoms with Gasteiger partial charge in [-0.25, -0.2) is 0 Å². The number of hydrogen-bond donors (Lipinski definition) is 1. The third-order valence-corrected chi connectivity index (χ3v) is 5.93. The zero-order valence-corrected chi connectivity index (χ0v) is 17.6. The van der Waals surface area contributed by atoms with Crippen LogP contribution in [0.2, 0.25) is 0 Å². The van der Waals surface area contributed by atoms with E-state index in [1.807, 2.05) is 25.1 Å². The van der Waals surface area contributed by atoms with E-state index in [0.717, 1.165) is 29.9 Å². The van der Waals surface area contributed by atoms with Gasteiger partial charge in [-0.1, -0.05) is 13.0 Å². The number of carbonyl (C=O) groups is 2. The number of nitrogens with one attached hydrogen (secondary N) is 1. The van der Waals surface area contributed by atoms with Crippen molar-refractivity contribution in [1.82, 2.24) is 5.32 Å². The minimum absolute atomic E-state index is 0.0783. The Morgan fingerprint density at radius 1 is 1.03 bits per heavy atom. The predicted octanol–water partition coefficient (Wildman–Crippen LogP) is 3.25. The van der Waals surface area contributed by atoms with Crippen LogP contribution in [0.15, 0.2) is 42.5 Å². The zero-order valence-electron chi connectivity index (χ0n) is 17.6. The Kier molecular flexibility index (Phi) is 6.42. The molecule has 4 rings (SSSR count). The zero-order chi connectivity index (χ0) is 21.7. The van der Waals surface area contributed by atoms with E-state index in [9.17, 15) is 9.59 Å². The van der Waals surface area contributed by atoms with Crippen LogP contribution in [0.3, 0.4) is 0 Å². The fraction of sp³-hybridized carbons (Fsp3) is 0.417. The van der Waals surface area contributed by atoms with Crippen molar-refractivity contribution in [2.24, 2.45) is 0 Å². The van der Waals surface area contributed by atoms with Gasteiger partial charge in [0.2, 0.25) is 6.79 Å². The van der Waals surface area contributed by atoms with Gasteiger partial charge in [0.05, 0.1) is 0 Å². The Labute approximate surface area is 181 Å². The molecule has 0 unspecified atom stereocenters. The quantitative estimate of drug-likeness (QED) is 0.654. The third-order valence-electron chi connectivity index (χ3n) is 5.93. The maximum atomic E-state index is 12.5. The molecule has 1 saturated heterocycles. The lowest BCUT2D eigenvalue weighted by Crippen LogP contribution is -2.45. The molecule has 2 aromatic carbocycles. The normalized spacial score (nSPS) is 16.5. The van der Waals surface area contributed by atoms with Gasteiger partial charge in [0, 0.05) is 37.2 Å². The van der Waals surface area contributed by atoms with Crippen LogP contribution in [0.25, 0.3) is 0 Å². The number of Topliss-reactive ketones (excluding diaryl/α,β-unsaturated/α-hetero) is 1. The Morgan fingerprint density at radius 2 is 1.77 bits per heavy atom. The summed E-state index contributed by atoms with van der Waals surface area (Å²) in [5.41, 5.74) is 1.53. The van der Waals surface area contributed by atoms with Gasteiger partial charge in [0.15, 0.2) is 23.9 Å². The Bertz CT molecular complexity index is 934. The predicted molar refractivity (Wildman–Crippen MR) is 114 cm³/mol. The van der Waals surface area contributed by atoms with E-state index in [4.69, 9.17) is 18.9 Å². The molecule has 164 valence electrons. The standard InChI is InChI=1S/C24H27NO6/c1-2-20(26)17-3-6-19(7-4-17)29-14-23(27)25-15-24(9-11-28-12-10-24)18-5-8-21-22(13-18)31-16-30-21/h3-8,13H,2,9-12,14-16H2,1H3,(H,25,27). The molecule has 2 aliphatic heterocycles. The third kappa shape index (κ3) is 4.82. The number of amides is 1. The fourth-order valence-electron chi connectivity index (χ4n) is 3.96. The van der Waals surface area contributed by atoms with E-state index < -0.39 is 0 Å². The number of ketones is 1. The van der Waals surface area contributed by atoms with Crippen LogP contribution in [-0.4, -0.2) is 44.8 Å². The highest BCUT2D eigenvalue weighted by Crippen LogP contribution is 2.40. The molecule has 0 bridgehead atoms. The first-order valence-corrected chi connectivity index (χ1v) is 10.6. The molecule has 0 spiro atoms. The van der Waals surface area contributed by atoms with E-state index in [1.165, 1.54) is 0 Å². The number of benzene rings is 2. The van der Waals surface area contributed by atoms with Crippen LogP contribution in [0.1, 0.15) is 42.1 Å².